The summed E-state index contributed by atoms with van der Waals surface area (Å²) in [4.78, 5) is 24.3. The van der Waals surface area contributed by atoms with Crippen LogP contribution in [0, 0.1) is 0 Å². The standard InChI is InChI=1S/C22H18F3N3O6S2/c1-13(14-6-7-16-17(10-14)33-12-32-16)28-34-20(29)5-3-9-36(30,31)21-26-15(18-4-2-8-35-18)11-19(27-21)22(23,24)25/h2,4,6-8,10-11H,3,5,9,12H2,1H3/b28-13-. The summed E-state index contributed by atoms with van der Waals surface area (Å²) in [5.41, 5.74) is -0.531. The average molecular weight is 542 g/mol. The summed E-state index contributed by atoms with van der Waals surface area (Å²) in [6.07, 6.45) is -5.43. The molecule has 4 rings (SSSR count). The minimum absolute atomic E-state index is 0.105. The summed E-state index contributed by atoms with van der Waals surface area (Å²) < 4.78 is 75.8. The molecule has 0 bridgehead atoms. The fourth-order valence-corrected chi connectivity index (χ4v) is 4.97. The van der Waals surface area contributed by atoms with Gasteiger partial charge in [0.15, 0.2) is 11.5 Å². The lowest BCUT2D eigenvalue weighted by Crippen LogP contribution is -2.17. The second kappa shape index (κ2) is 10.2. The molecular weight excluding hydrogens is 523 g/mol. The number of nitrogens with zero attached hydrogens (tertiary/aromatic N) is 3. The highest BCUT2D eigenvalue weighted by Gasteiger charge is 2.35. The van der Waals surface area contributed by atoms with Crippen LogP contribution in [0.25, 0.3) is 10.6 Å². The number of carbonyl (C=O) groups excluding carboxylic acids is 1. The number of thiophene rings is 1. The molecule has 0 saturated carbocycles. The van der Waals surface area contributed by atoms with Crippen molar-refractivity contribution in [2.45, 2.75) is 31.1 Å². The van der Waals surface area contributed by atoms with Crippen LogP contribution in [0.2, 0.25) is 0 Å². The molecule has 1 aromatic carbocycles. The Morgan fingerprint density at radius 3 is 2.67 bits per heavy atom. The molecule has 1 aliphatic rings. The summed E-state index contributed by atoms with van der Waals surface area (Å²) >= 11 is 1.11. The number of sulfone groups is 1. The number of aromatic nitrogens is 2. The first-order valence-corrected chi connectivity index (χ1v) is 12.9. The molecule has 0 unspecified atom stereocenters. The number of hydrogen-bond donors (Lipinski definition) is 0. The summed E-state index contributed by atoms with van der Waals surface area (Å²) in [5.74, 6) is -0.359. The SMILES string of the molecule is C/C(=N/OC(=O)CCCS(=O)(=O)c1nc(-c2cccs2)cc(C(F)(F)F)n1)c1ccc2c(c1)OCO2. The first-order chi connectivity index (χ1) is 17.0. The molecule has 0 radical (unpaired) electrons. The van der Waals surface area contributed by atoms with Crippen LogP contribution in [0.1, 0.15) is 31.0 Å². The second-order valence-electron chi connectivity index (χ2n) is 7.53. The van der Waals surface area contributed by atoms with Gasteiger partial charge < -0.3 is 14.3 Å². The molecule has 2 aromatic heterocycles. The maximum Gasteiger partial charge on any atom is 0.433 e. The zero-order valence-electron chi connectivity index (χ0n) is 18.6. The van der Waals surface area contributed by atoms with Gasteiger partial charge in [0.2, 0.25) is 21.8 Å². The Balaban J connectivity index is 1.39. The Morgan fingerprint density at radius 2 is 1.94 bits per heavy atom. The van der Waals surface area contributed by atoms with Crippen LogP contribution in [0.5, 0.6) is 11.5 Å². The maximum atomic E-state index is 13.3. The van der Waals surface area contributed by atoms with E-state index in [1.165, 1.54) is 6.07 Å². The minimum atomic E-state index is -4.86. The van der Waals surface area contributed by atoms with Crippen LogP contribution in [0.15, 0.2) is 52.1 Å². The van der Waals surface area contributed by atoms with Crippen molar-refractivity contribution >= 4 is 32.9 Å². The van der Waals surface area contributed by atoms with Crippen LogP contribution in [-0.2, 0) is 25.6 Å². The zero-order valence-corrected chi connectivity index (χ0v) is 20.2. The van der Waals surface area contributed by atoms with E-state index in [-0.39, 0.29) is 25.3 Å². The van der Waals surface area contributed by atoms with Crippen LogP contribution in [0.4, 0.5) is 13.2 Å². The minimum Gasteiger partial charge on any atom is -0.454 e. The molecule has 0 saturated heterocycles. The predicted octanol–water partition coefficient (Wildman–Crippen LogP) is 4.47. The van der Waals surface area contributed by atoms with Crippen LogP contribution >= 0.6 is 11.3 Å². The fourth-order valence-electron chi connectivity index (χ4n) is 3.10. The quantitative estimate of drug-likeness (QED) is 0.177. The molecule has 36 heavy (non-hydrogen) atoms. The van der Waals surface area contributed by atoms with Crippen molar-refractivity contribution in [2.75, 3.05) is 12.5 Å². The van der Waals surface area contributed by atoms with Crippen molar-refractivity contribution in [1.82, 2.24) is 9.97 Å². The number of alkyl halides is 3. The summed E-state index contributed by atoms with van der Waals surface area (Å²) in [7, 11) is -4.32. The third kappa shape index (κ3) is 5.99. The van der Waals surface area contributed by atoms with Gasteiger partial charge in [0, 0.05) is 12.0 Å². The number of benzene rings is 1. The van der Waals surface area contributed by atoms with Crippen LogP contribution in [0.3, 0.4) is 0 Å². The molecule has 0 atom stereocenters. The number of hydrogen-bond acceptors (Lipinski definition) is 10. The van der Waals surface area contributed by atoms with E-state index in [0.717, 1.165) is 11.3 Å². The van der Waals surface area contributed by atoms with Gasteiger partial charge in [-0.3, -0.25) is 0 Å². The van der Waals surface area contributed by atoms with E-state index in [1.807, 2.05) is 0 Å². The molecule has 14 heteroatoms. The molecule has 0 N–H and O–H groups in total. The fraction of sp³-hybridized carbons (Fsp3) is 0.273. The number of rotatable bonds is 8. The maximum absolute atomic E-state index is 13.3. The lowest BCUT2D eigenvalue weighted by Gasteiger charge is -2.10. The number of fused-ring (bicyclic) bond motifs is 1. The molecule has 190 valence electrons. The first kappa shape index (κ1) is 25.6. The van der Waals surface area contributed by atoms with Crippen molar-refractivity contribution in [3.8, 4) is 22.1 Å². The van der Waals surface area contributed by atoms with Gasteiger partial charge in [-0.2, -0.15) is 13.2 Å². The van der Waals surface area contributed by atoms with E-state index in [2.05, 4.69) is 15.1 Å². The monoisotopic (exact) mass is 541 g/mol. The third-order valence-electron chi connectivity index (χ3n) is 4.92. The highest BCUT2D eigenvalue weighted by molar-refractivity contribution is 7.91. The van der Waals surface area contributed by atoms with Crippen molar-refractivity contribution in [3.05, 3.63) is 53.0 Å². The molecule has 0 spiro atoms. The molecule has 9 nitrogen and oxygen atoms in total. The number of ether oxygens (including phenoxy) is 2. The van der Waals surface area contributed by atoms with E-state index in [9.17, 15) is 26.4 Å². The Kier molecular flexibility index (Phi) is 7.26. The lowest BCUT2D eigenvalue weighted by molar-refractivity contribution is -0.143. The van der Waals surface area contributed by atoms with Gasteiger partial charge in [-0.1, -0.05) is 11.2 Å². The van der Waals surface area contributed by atoms with Gasteiger partial charge in [0.25, 0.3) is 0 Å². The highest BCUT2D eigenvalue weighted by atomic mass is 32.2. The Hall–Kier alpha value is -3.52. The molecule has 0 fully saturated rings. The normalized spacial score (nSPS) is 13.6. The molecule has 0 amide bonds. The van der Waals surface area contributed by atoms with E-state index in [1.54, 1.807) is 36.6 Å². The smallest absolute Gasteiger partial charge is 0.433 e. The number of oxime groups is 1. The summed E-state index contributed by atoms with van der Waals surface area (Å²) in [5, 5.41) is 4.42. The zero-order chi connectivity index (χ0) is 25.9. The van der Waals surface area contributed by atoms with Gasteiger partial charge in [-0.25, -0.2) is 23.2 Å². The highest BCUT2D eigenvalue weighted by Crippen LogP contribution is 2.33. The van der Waals surface area contributed by atoms with Gasteiger partial charge in [-0.15, -0.1) is 11.3 Å². The predicted molar refractivity (Wildman–Crippen MR) is 123 cm³/mol. The van der Waals surface area contributed by atoms with E-state index in [4.69, 9.17) is 14.3 Å². The van der Waals surface area contributed by atoms with Crippen molar-refractivity contribution in [1.29, 1.82) is 0 Å². The summed E-state index contributed by atoms with van der Waals surface area (Å²) in [6.45, 7) is 1.71. The lowest BCUT2D eigenvalue weighted by atomic mass is 10.1. The Labute approximate surface area is 207 Å². The largest absolute Gasteiger partial charge is 0.454 e. The van der Waals surface area contributed by atoms with E-state index in [0.29, 0.717) is 33.7 Å². The van der Waals surface area contributed by atoms with Gasteiger partial charge in [0.1, 0.15) is 5.69 Å². The second-order valence-corrected chi connectivity index (χ2v) is 10.5. The topological polar surface area (TPSA) is 117 Å². The van der Waals surface area contributed by atoms with Crippen LogP contribution < -0.4 is 9.47 Å². The van der Waals surface area contributed by atoms with E-state index >= 15 is 0 Å². The van der Waals surface area contributed by atoms with Gasteiger partial charge in [-0.05, 0) is 49.1 Å². The van der Waals surface area contributed by atoms with Crippen molar-refractivity contribution < 1.29 is 40.7 Å². The number of carbonyl (C=O) groups is 1. The average Bonchev–Trinajstić information content (AvgIpc) is 3.53. The van der Waals surface area contributed by atoms with Crippen LogP contribution in [-0.4, -0.2) is 42.6 Å². The summed E-state index contributed by atoms with van der Waals surface area (Å²) in [6, 6.07) is 8.87. The number of halogens is 3. The van der Waals surface area contributed by atoms with Crippen molar-refractivity contribution in [2.24, 2.45) is 5.16 Å². The van der Waals surface area contributed by atoms with Gasteiger partial charge >= 0.3 is 12.1 Å². The van der Waals surface area contributed by atoms with E-state index < -0.39 is 38.6 Å². The first-order valence-electron chi connectivity index (χ1n) is 10.4. The Morgan fingerprint density at radius 1 is 1.17 bits per heavy atom. The molecule has 0 aliphatic carbocycles. The van der Waals surface area contributed by atoms with Crippen molar-refractivity contribution in [3.63, 3.8) is 0 Å². The molecule has 3 heterocycles. The molecular formula is C22H18F3N3O6S2. The Bertz CT molecular complexity index is 1410. The molecule has 1 aliphatic heterocycles. The van der Waals surface area contributed by atoms with Gasteiger partial charge in [0.05, 0.1) is 22.0 Å². The third-order valence-corrected chi connectivity index (χ3v) is 7.37. The molecule has 3 aromatic rings.